The number of aryl methyl sites for hydroxylation is 1. The fourth-order valence-electron chi connectivity index (χ4n) is 3.54. The standard InChI is InChI=1S/C20H24N6O/c1-14-16(17-4-2-3-5-18(17)25-14)6-7-22-20-23-12-15(13-24-20)19(27)26-10-8-21-9-11-26/h2-5,12-13,21,25H,6-11H2,1H3,(H,22,23,24). The van der Waals surface area contributed by atoms with Crippen LogP contribution in [0.5, 0.6) is 0 Å². The van der Waals surface area contributed by atoms with Gasteiger partial charge < -0.3 is 20.5 Å². The zero-order valence-corrected chi connectivity index (χ0v) is 15.5. The van der Waals surface area contributed by atoms with Crippen LogP contribution in [-0.2, 0) is 6.42 Å². The van der Waals surface area contributed by atoms with E-state index in [1.807, 2.05) is 11.0 Å². The molecule has 1 aromatic carbocycles. The maximum Gasteiger partial charge on any atom is 0.257 e. The summed E-state index contributed by atoms with van der Waals surface area (Å²) in [4.78, 5) is 26.3. The fourth-order valence-corrected chi connectivity index (χ4v) is 3.54. The Bertz CT molecular complexity index is 927. The van der Waals surface area contributed by atoms with Crippen molar-refractivity contribution in [1.29, 1.82) is 0 Å². The van der Waals surface area contributed by atoms with Crippen molar-refractivity contribution >= 4 is 22.8 Å². The van der Waals surface area contributed by atoms with Gasteiger partial charge in [0.1, 0.15) is 0 Å². The third-order valence-corrected chi connectivity index (χ3v) is 4.99. The van der Waals surface area contributed by atoms with Crippen molar-refractivity contribution in [3.05, 3.63) is 53.5 Å². The number of rotatable bonds is 5. The lowest BCUT2D eigenvalue weighted by atomic mass is 10.1. The minimum atomic E-state index is -0.00235. The number of hydrogen-bond donors (Lipinski definition) is 3. The van der Waals surface area contributed by atoms with Gasteiger partial charge in [-0.2, -0.15) is 0 Å². The van der Waals surface area contributed by atoms with Gasteiger partial charge in [-0.3, -0.25) is 4.79 Å². The van der Waals surface area contributed by atoms with Gasteiger partial charge in [-0.15, -0.1) is 0 Å². The Kier molecular flexibility index (Phi) is 5.02. The molecule has 1 saturated heterocycles. The van der Waals surface area contributed by atoms with E-state index < -0.39 is 0 Å². The van der Waals surface area contributed by atoms with Crippen LogP contribution in [0.1, 0.15) is 21.6 Å². The van der Waals surface area contributed by atoms with Gasteiger partial charge in [-0.25, -0.2) is 9.97 Å². The number of hydrogen-bond acceptors (Lipinski definition) is 5. The number of nitrogens with zero attached hydrogens (tertiary/aromatic N) is 3. The van der Waals surface area contributed by atoms with Gasteiger partial charge in [-0.1, -0.05) is 18.2 Å². The first-order valence-corrected chi connectivity index (χ1v) is 9.34. The Labute approximate surface area is 158 Å². The van der Waals surface area contributed by atoms with Crippen LogP contribution in [-0.4, -0.2) is 58.5 Å². The molecule has 0 atom stereocenters. The quantitative estimate of drug-likeness (QED) is 0.644. The fraction of sp³-hybridized carbons (Fsp3) is 0.350. The summed E-state index contributed by atoms with van der Waals surface area (Å²) in [5, 5.41) is 7.75. The van der Waals surface area contributed by atoms with Crippen molar-refractivity contribution < 1.29 is 4.79 Å². The lowest BCUT2D eigenvalue weighted by Crippen LogP contribution is -2.46. The zero-order chi connectivity index (χ0) is 18.6. The van der Waals surface area contributed by atoms with Crippen molar-refractivity contribution in [3.8, 4) is 0 Å². The molecule has 4 rings (SSSR count). The van der Waals surface area contributed by atoms with Gasteiger partial charge >= 0.3 is 0 Å². The molecule has 3 N–H and O–H groups in total. The lowest BCUT2D eigenvalue weighted by molar-refractivity contribution is 0.0735. The molecule has 1 fully saturated rings. The van der Waals surface area contributed by atoms with Crippen molar-refractivity contribution in [2.45, 2.75) is 13.3 Å². The molecule has 0 spiro atoms. The molecule has 27 heavy (non-hydrogen) atoms. The number of aromatic nitrogens is 3. The van der Waals surface area contributed by atoms with E-state index in [1.54, 1.807) is 12.4 Å². The number of para-hydroxylation sites is 1. The number of carbonyl (C=O) groups is 1. The number of H-pyrrole nitrogens is 1. The number of anilines is 1. The Hall–Kier alpha value is -2.93. The smallest absolute Gasteiger partial charge is 0.257 e. The largest absolute Gasteiger partial charge is 0.358 e. The number of piperazine rings is 1. The van der Waals surface area contributed by atoms with Crippen LogP contribution >= 0.6 is 0 Å². The maximum absolute atomic E-state index is 12.4. The molecular formula is C20H24N6O. The van der Waals surface area contributed by atoms with Crippen LogP contribution in [0.3, 0.4) is 0 Å². The Morgan fingerprint density at radius 2 is 1.93 bits per heavy atom. The molecule has 1 aliphatic heterocycles. The summed E-state index contributed by atoms with van der Waals surface area (Å²) < 4.78 is 0. The zero-order valence-electron chi connectivity index (χ0n) is 15.5. The molecule has 0 aliphatic carbocycles. The topological polar surface area (TPSA) is 85.9 Å². The van der Waals surface area contributed by atoms with E-state index in [0.717, 1.165) is 44.7 Å². The summed E-state index contributed by atoms with van der Waals surface area (Å²) in [5.41, 5.74) is 4.20. The summed E-state index contributed by atoms with van der Waals surface area (Å²) in [6.07, 6.45) is 4.09. The molecule has 0 radical (unpaired) electrons. The molecule has 7 heteroatoms. The van der Waals surface area contributed by atoms with Crippen LogP contribution < -0.4 is 10.6 Å². The average molecular weight is 364 g/mol. The molecule has 7 nitrogen and oxygen atoms in total. The number of fused-ring (bicyclic) bond motifs is 1. The van der Waals surface area contributed by atoms with E-state index in [9.17, 15) is 4.79 Å². The molecule has 3 aromatic rings. The minimum Gasteiger partial charge on any atom is -0.358 e. The SMILES string of the molecule is Cc1[nH]c2ccccc2c1CCNc1ncc(C(=O)N2CCNCC2)cn1. The second-order valence-electron chi connectivity index (χ2n) is 6.79. The number of benzene rings is 1. The molecule has 2 aromatic heterocycles. The van der Waals surface area contributed by atoms with E-state index in [0.29, 0.717) is 11.5 Å². The van der Waals surface area contributed by atoms with Gasteiger partial charge in [0.25, 0.3) is 5.91 Å². The van der Waals surface area contributed by atoms with Gasteiger partial charge in [0.15, 0.2) is 0 Å². The van der Waals surface area contributed by atoms with Crippen LogP contribution in [0.2, 0.25) is 0 Å². The number of nitrogens with one attached hydrogen (secondary N) is 3. The van der Waals surface area contributed by atoms with Crippen LogP contribution in [0, 0.1) is 6.92 Å². The predicted octanol–water partition coefficient (Wildman–Crippen LogP) is 1.97. The highest BCUT2D eigenvalue weighted by Crippen LogP contribution is 2.22. The van der Waals surface area contributed by atoms with E-state index >= 15 is 0 Å². The summed E-state index contributed by atoms with van der Waals surface area (Å²) in [7, 11) is 0. The van der Waals surface area contributed by atoms with Crippen molar-refractivity contribution in [1.82, 2.24) is 25.2 Å². The maximum atomic E-state index is 12.4. The average Bonchev–Trinajstić information content (AvgIpc) is 3.04. The second kappa shape index (κ2) is 7.75. The monoisotopic (exact) mass is 364 g/mol. The van der Waals surface area contributed by atoms with Crippen molar-refractivity contribution in [2.24, 2.45) is 0 Å². The van der Waals surface area contributed by atoms with E-state index in [4.69, 9.17) is 0 Å². The number of amides is 1. The Balaban J connectivity index is 1.36. The third kappa shape index (κ3) is 3.78. The van der Waals surface area contributed by atoms with Gasteiger partial charge in [0.05, 0.1) is 5.56 Å². The molecule has 0 saturated carbocycles. The molecular weight excluding hydrogens is 340 g/mol. The van der Waals surface area contributed by atoms with Crippen LogP contribution in [0.15, 0.2) is 36.7 Å². The van der Waals surface area contributed by atoms with Crippen molar-refractivity contribution in [3.63, 3.8) is 0 Å². The Morgan fingerprint density at radius 1 is 1.19 bits per heavy atom. The third-order valence-electron chi connectivity index (χ3n) is 4.99. The Morgan fingerprint density at radius 3 is 2.70 bits per heavy atom. The number of aromatic amines is 1. The summed E-state index contributed by atoms with van der Waals surface area (Å²) in [6.45, 7) is 5.95. The summed E-state index contributed by atoms with van der Waals surface area (Å²) >= 11 is 0. The minimum absolute atomic E-state index is 0.00235. The molecule has 140 valence electrons. The lowest BCUT2D eigenvalue weighted by Gasteiger charge is -2.27. The molecule has 0 bridgehead atoms. The normalized spacial score (nSPS) is 14.5. The first kappa shape index (κ1) is 17.5. The summed E-state index contributed by atoms with van der Waals surface area (Å²) in [5.74, 6) is 0.543. The van der Waals surface area contributed by atoms with E-state index in [2.05, 4.69) is 50.7 Å². The predicted molar refractivity (Wildman–Crippen MR) is 106 cm³/mol. The van der Waals surface area contributed by atoms with Crippen molar-refractivity contribution in [2.75, 3.05) is 38.0 Å². The highest BCUT2D eigenvalue weighted by molar-refractivity contribution is 5.93. The molecule has 0 unspecified atom stereocenters. The highest BCUT2D eigenvalue weighted by atomic mass is 16.2. The highest BCUT2D eigenvalue weighted by Gasteiger charge is 2.18. The van der Waals surface area contributed by atoms with Gasteiger partial charge in [0, 0.05) is 61.7 Å². The van der Waals surface area contributed by atoms with E-state index in [-0.39, 0.29) is 5.91 Å². The molecule has 1 aliphatic rings. The molecule has 3 heterocycles. The number of carbonyl (C=O) groups excluding carboxylic acids is 1. The molecule has 1 amide bonds. The summed E-state index contributed by atoms with van der Waals surface area (Å²) in [6, 6.07) is 8.33. The van der Waals surface area contributed by atoms with Crippen LogP contribution in [0.25, 0.3) is 10.9 Å². The van der Waals surface area contributed by atoms with Crippen LogP contribution in [0.4, 0.5) is 5.95 Å². The van der Waals surface area contributed by atoms with Gasteiger partial charge in [-0.05, 0) is 25.0 Å². The van der Waals surface area contributed by atoms with Gasteiger partial charge in [0.2, 0.25) is 5.95 Å². The first-order chi connectivity index (χ1) is 13.2. The second-order valence-corrected chi connectivity index (χ2v) is 6.79. The first-order valence-electron chi connectivity index (χ1n) is 9.34. The van der Waals surface area contributed by atoms with E-state index in [1.165, 1.54) is 16.6 Å².